The molecule has 0 radical (unpaired) electrons. The standard InChI is InChI=1S/C21H23ClFN5O2S2/c1-3-32(2)27-15-9-8-14(17(23)10-15)11-28(12-19-25-26-21(24)30-19)20(29)13-31-18-7-5-4-6-16(18)22/h3-10,27H,11-13H2,1-2H3,(H2,24,26). The fraction of sp³-hybridized carbons (Fsp3) is 0.238. The molecular formula is C21H23ClFN5O2S2. The minimum absolute atomic E-state index is 0.00870. The summed E-state index contributed by atoms with van der Waals surface area (Å²) in [5, 5.41) is 10.0. The highest BCUT2D eigenvalue weighted by Gasteiger charge is 2.20. The Balaban J connectivity index is 1.76. The van der Waals surface area contributed by atoms with E-state index in [0.29, 0.717) is 16.3 Å². The molecule has 1 heterocycles. The van der Waals surface area contributed by atoms with Gasteiger partial charge in [-0.3, -0.25) is 4.79 Å². The smallest absolute Gasteiger partial charge is 0.312 e. The fourth-order valence-corrected chi connectivity index (χ4v) is 4.47. The van der Waals surface area contributed by atoms with Crippen LogP contribution in [0.3, 0.4) is 0 Å². The summed E-state index contributed by atoms with van der Waals surface area (Å²) in [7, 11) is -0.167. The number of nitrogens with two attached hydrogens (primary N) is 1. The molecule has 2 aromatic carbocycles. The van der Waals surface area contributed by atoms with Crippen molar-refractivity contribution in [3.63, 3.8) is 0 Å². The van der Waals surface area contributed by atoms with E-state index in [-0.39, 0.29) is 47.3 Å². The Morgan fingerprint density at radius 3 is 2.75 bits per heavy atom. The third-order valence-electron chi connectivity index (χ3n) is 4.40. The number of rotatable bonds is 9. The molecule has 0 aliphatic heterocycles. The lowest BCUT2D eigenvalue weighted by molar-refractivity contribution is -0.129. The zero-order chi connectivity index (χ0) is 23.1. The number of carbonyl (C=O) groups excluding carboxylic acids is 1. The van der Waals surface area contributed by atoms with Gasteiger partial charge < -0.3 is 19.8 Å². The van der Waals surface area contributed by atoms with Crippen molar-refractivity contribution >= 4 is 57.0 Å². The van der Waals surface area contributed by atoms with Crippen molar-refractivity contribution in [3.05, 3.63) is 64.8 Å². The van der Waals surface area contributed by atoms with Crippen molar-refractivity contribution in [2.75, 3.05) is 22.5 Å². The Kier molecular flexibility index (Phi) is 8.54. The average Bonchev–Trinajstić information content (AvgIpc) is 3.18. The lowest BCUT2D eigenvalue weighted by atomic mass is 10.2. The van der Waals surface area contributed by atoms with Crippen LogP contribution < -0.4 is 10.5 Å². The first-order valence-electron chi connectivity index (χ1n) is 9.58. The van der Waals surface area contributed by atoms with Crippen molar-refractivity contribution in [1.29, 1.82) is 0 Å². The van der Waals surface area contributed by atoms with Crippen LogP contribution in [0, 0.1) is 5.82 Å². The van der Waals surface area contributed by atoms with Crippen LogP contribution in [0.15, 0.2) is 51.8 Å². The van der Waals surface area contributed by atoms with Gasteiger partial charge >= 0.3 is 6.01 Å². The zero-order valence-electron chi connectivity index (χ0n) is 17.5. The molecular weight excluding hydrogens is 473 g/mol. The molecule has 3 aromatic rings. The zero-order valence-corrected chi connectivity index (χ0v) is 19.9. The first-order chi connectivity index (χ1) is 15.4. The fourth-order valence-electron chi connectivity index (χ4n) is 2.71. The molecule has 3 rings (SSSR count). The monoisotopic (exact) mass is 495 g/mol. The summed E-state index contributed by atoms with van der Waals surface area (Å²) in [6, 6.07) is 12.0. The maximum Gasteiger partial charge on any atom is 0.312 e. The summed E-state index contributed by atoms with van der Waals surface area (Å²) in [6.07, 6.45) is 2.00. The van der Waals surface area contributed by atoms with E-state index >= 15 is 0 Å². The van der Waals surface area contributed by atoms with Crippen LogP contribution in [-0.2, 0) is 17.9 Å². The quantitative estimate of drug-likeness (QED) is 0.324. The summed E-state index contributed by atoms with van der Waals surface area (Å²) >= 11 is 7.49. The number of nitrogens with one attached hydrogen (secondary N) is 1. The highest BCUT2D eigenvalue weighted by Crippen LogP contribution is 2.27. The molecule has 32 heavy (non-hydrogen) atoms. The molecule has 0 fully saturated rings. The van der Waals surface area contributed by atoms with Gasteiger partial charge in [-0.2, -0.15) is 0 Å². The van der Waals surface area contributed by atoms with Crippen molar-refractivity contribution < 1.29 is 13.6 Å². The van der Waals surface area contributed by atoms with Gasteiger partial charge in [-0.05, 0) is 42.8 Å². The predicted molar refractivity (Wildman–Crippen MR) is 130 cm³/mol. The molecule has 0 saturated carbocycles. The molecule has 170 valence electrons. The first-order valence-corrected chi connectivity index (χ1v) is 12.6. The summed E-state index contributed by atoms with van der Waals surface area (Å²) in [5.41, 5.74) is 6.54. The largest absolute Gasteiger partial charge is 0.406 e. The third-order valence-corrected chi connectivity index (χ3v) is 7.16. The van der Waals surface area contributed by atoms with Crippen LogP contribution in [0.5, 0.6) is 0 Å². The van der Waals surface area contributed by atoms with Crippen molar-refractivity contribution in [2.24, 2.45) is 0 Å². The maximum absolute atomic E-state index is 14.8. The van der Waals surface area contributed by atoms with E-state index in [2.05, 4.69) is 14.9 Å². The van der Waals surface area contributed by atoms with Gasteiger partial charge in [0.15, 0.2) is 0 Å². The molecule has 0 aliphatic carbocycles. The molecule has 0 aliphatic rings. The lowest BCUT2D eigenvalue weighted by Crippen LogP contribution is -2.32. The van der Waals surface area contributed by atoms with E-state index in [1.54, 1.807) is 18.2 Å². The van der Waals surface area contributed by atoms with Crippen LogP contribution in [0.1, 0.15) is 18.4 Å². The van der Waals surface area contributed by atoms with Gasteiger partial charge in [0.2, 0.25) is 11.8 Å². The number of thioether (sulfide) groups is 1. The predicted octanol–water partition coefficient (Wildman–Crippen LogP) is 4.81. The number of carbonyl (C=O) groups is 1. The molecule has 1 atom stereocenters. The van der Waals surface area contributed by atoms with Crippen LogP contribution in [-0.4, -0.2) is 38.4 Å². The average molecular weight is 496 g/mol. The van der Waals surface area contributed by atoms with E-state index < -0.39 is 5.82 Å². The molecule has 0 saturated heterocycles. The number of halogens is 2. The Morgan fingerprint density at radius 2 is 2.09 bits per heavy atom. The van der Waals surface area contributed by atoms with Crippen molar-refractivity contribution in [3.8, 4) is 0 Å². The number of hydrogen-bond acceptors (Lipinski definition) is 7. The van der Waals surface area contributed by atoms with Crippen LogP contribution >= 0.6 is 34.0 Å². The summed E-state index contributed by atoms with van der Waals surface area (Å²) in [5.74, 6) is -0.362. The molecule has 1 aromatic heterocycles. The molecule has 7 nitrogen and oxygen atoms in total. The minimum atomic E-state index is -0.412. The minimum Gasteiger partial charge on any atom is -0.406 e. The molecule has 0 spiro atoms. The Hall–Kier alpha value is -2.56. The van der Waals surface area contributed by atoms with Gasteiger partial charge in [-0.15, -0.1) is 27.5 Å². The number of aromatic nitrogens is 2. The maximum atomic E-state index is 14.8. The molecule has 3 N–H and O–H groups in total. The number of nitrogen functional groups attached to an aromatic ring is 1. The van der Waals surface area contributed by atoms with Crippen LogP contribution in [0.2, 0.25) is 5.02 Å². The second-order valence-electron chi connectivity index (χ2n) is 6.70. The van der Waals surface area contributed by atoms with Gasteiger partial charge in [0.25, 0.3) is 0 Å². The van der Waals surface area contributed by atoms with Crippen molar-refractivity contribution in [2.45, 2.75) is 24.9 Å². The van der Waals surface area contributed by atoms with Gasteiger partial charge in [-0.25, -0.2) is 4.39 Å². The number of amides is 1. The molecule has 0 bridgehead atoms. The normalized spacial score (nSPS) is 12.0. The highest BCUT2D eigenvalue weighted by atomic mass is 35.5. The number of benzene rings is 2. The third kappa shape index (κ3) is 6.72. The summed E-state index contributed by atoms with van der Waals surface area (Å²) in [4.78, 5) is 15.2. The van der Waals surface area contributed by atoms with E-state index in [9.17, 15) is 9.18 Å². The number of hydrogen-bond donors (Lipinski definition) is 2. The first kappa shape index (κ1) is 24.1. The second kappa shape index (κ2) is 11.3. The van der Waals surface area contributed by atoms with Gasteiger partial charge in [0, 0.05) is 22.7 Å². The van der Waals surface area contributed by atoms with E-state index in [1.165, 1.54) is 22.7 Å². The van der Waals surface area contributed by atoms with Crippen LogP contribution in [0.25, 0.3) is 0 Å². The van der Waals surface area contributed by atoms with Gasteiger partial charge in [0.05, 0.1) is 17.3 Å². The summed E-state index contributed by atoms with van der Waals surface area (Å²) in [6.45, 7) is 1.98. The molecule has 1 unspecified atom stereocenters. The lowest BCUT2D eigenvalue weighted by Gasteiger charge is -2.22. The van der Waals surface area contributed by atoms with E-state index in [4.69, 9.17) is 21.8 Å². The van der Waals surface area contributed by atoms with E-state index in [1.807, 2.05) is 36.7 Å². The number of nitrogens with zero attached hydrogens (tertiary/aromatic N) is 3. The Bertz CT molecular complexity index is 1130. The van der Waals surface area contributed by atoms with Gasteiger partial charge in [0.1, 0.15) is 5.82 Å². The summed E-state index contributed by atoms with van der Waals surface area (Å²) < 4.78 is 23.2. The van der Waals surface area contributed by atoms with E-state index in [0.717, 1.165) is 4.90 Å². The Labute approximate surface area is 197 Å². The highest BCUT2D eigenvalue weighted by molar-refractivity contribution is 8.15. The van der Waals surface area contributed by atoms with Gasteiger partial charge in [-0.1, -0.05) is 34.9 Å². The molecule has 1 amide bonds. The Morgan fingerprint density at radius 1 is 1.31 bits per heavy atom. The SMILES string of the molecule is C/C=S(\C)Nc1ccc(CN(Cc2nnc(N)o2)C(=O)CSc2ccccc2Cl)c(F)c1. The topological polar surface area (TPSA) is 97.3 Å². The number of anilines is 2. The molecule has 11 heteroatoms. The second-order valence-corrected chi connectivity index (χ2v) is 9.92. The van der Waals surface area contributed by atoms with Crippen LogP contribution in [0.4, 0.5) is 16.1 Å². The van der Waals surface area contributed by atoms with Crippen molar-refractivity contribution in [1.82, 2.24) is 15.1 Å².